The molecule has 2 aliphatic rings. The molecule has 2 aliphatic heterocycles. The number of carbonyl (C=O) groups excluding carboxylic acids is 1. The number of nitrogens with one attached hydrogen (secondary N) is 1. The summed E-state index contributed by atoms with van der Waals surface area (Å²) in [7, 11) is -0.00260. The molecule has 2 aromatic rings. The van der Waals surface area contributed by atoms with Gasteiger partial charge >= 0.3 is 0 Å². The standard InChI is InChI=1S/C28H40N4O5S/c1-21-16-25(36-4)17-22(2)28(21)38(34,35)32-11-7-9-24(32)19-37-20-27(33)29-18-23-8-5-6-10-26(23)31-14-12-30(3)13-15-31/h5-6,8,10,16-17,24H,7,9,11-15,18-20H2,1-4H3,(H,29,33). The number of nitrogens with zero attached hydrogens (tertiary/aromatic N) is 3. The van der Waals surface area contributed by atoms with E-state index in [1.807, 2.05) is 18.2 Å². The van der Waals surface area contributed by atoms with Crippen LogP contribution in [0.4, 0.5) is 5.69 Å². The van der Waals surface area contributed by atoms with Crippen molar-refractivity contribution in [3.8, 4) is 5.75 Å². The maximum absolute atomic E-state index is 13.6. The Hall–Kier alpha value is -2.66. The van der Waals surface area contributed by atoms with Crippen LogP contribution < -0.4 is 15.0 Å². The molecule has 0 spiro atoms. The van der Waals surface area contributed by atoms with Gasteiger partial charge in [0, 0.05) is 51.0 Å². The number of amides is 1. The van der Waals surface area contributed by atoms with E-state index < -0.39 is 10.0 Å². The summed E-state index contributed by atoms with van der Waals surface area (Å²) in [5.41, 5.74) is 3.54. The second kappa shape index (κ2) is 12.5. The number of piperazine rings is 1. The van der Waals surface area contributed by atoms with E-state index in [2.05, 4.69) is 28.2 Å². The van der Waals surface area contributed by atoms with Gasteiger partial charge in [0.05, 0.1) is 18.6 Å². The van der Waals surface area contributed by atoms with E-state index in [-0.39, 0.29) is 25.2 Å². The average Bonchev–Trinajstić information content (AvgIpc) is 3.37. The molecule has 2 saturated heterocycles. The third-order valence-electron chi connectivity index (χ3n) is 7.41. The van der Waals surface area contributed by atoms with E-state index >= 15 is 0 Å². The van der Waals surface area contributed by atoms with Crippen molar-refractivity contribution >= 4 is 21.6 Å². The van der Waals surface area contributed by atoms with Crippen molar-refractivity contribution in [2.24, 2.45) is 0 Å². The van der Waals surface area contributed by atoms with Crippen LogP contribution in [-0.4, -0.2) is 89.7 Å². The Bertz CT molecular complexity index is 1200. The fraction of sp³-hybridized carbons (Fsp3) is 0.536. The first-order valence-corrected chi connectivity index (χ1v) is 14.7. The Kier molecular flexibility index (Phi) is 9.30. The highest BCUT2D eigenvalue weighted by Crippen LogP contribution is 2.32. The molecule has 2 aromatic carbocycles. The number of benzene rings is 2. The molecule has 1 unspecified atom stereocenters. The molecule has 2 heterocycles. The normalized spacial score (nSPS) is 19.1. The van der Waals surface area contributed by atoms with Crippen molar-refractivity contribution in [3.05, 3.63) is 53.1 Å². The van der Waals surface area contributed by atoms with Gasteiger partial charge in [-0.15, -0.1) is 0 Å². The summed E-state index contributed by atoms with van der Waals surface area (Å²) >= 11 is 0. The van der Waals surface area contributed by atoms with Crippen LogP contribution in [0.3, 0.4) is 0 Å². The van der Waals surface area contributed by atoms with Crippen LogP contribution in [0.15, 0.2) is 41.3 Å². The SMILES string of the molecule is COc1cc(C)c(S(=O)(=O)N2CCCC2COCC(=O)NCc2ccccc2N2CCN(C)CC2)c(C)c1. The highest BCUT2D eigenvalue weighted by molar-refractivity contribution is 7.89. The number of carbonyl (C=O) groups is 1. The number of para-hydroxylation sites is 1. The molecular formula is C28H40N4O5S. The average molecular weight is 545 g/mol. The molecule has 1 amide bonds. The van der Waals surface area contributed by atoms with Crippen LogP contribution in [-0.2, 0) is 26.1 Å². The number of hydrogen-bond acceptors (Lipinski definition) is 7. The first-order chi connectivity index (χ1) is 18.2. The molecule has 10 heteroatoms. The molecule has 38 heavy (non-hydrogen) atoms. The van der Waals surface area contributed by atoms with Crippen LogP contribution in [0.25, 0.3) is 0 Å². The molecule has 9 nitrogen and oxygen atoms in total. The minimum absolute atomic E-state index is 0.109. The predicted molar refractivity (Wildman–Crippen MR) is 148 cm³/mol. The Balaban J connectivity index is 1.31. The van der Waals surface area contributed by atoms with Crippen LogP contribution in [0.1, 0.15) is 29.5 Å². The number of rotatable bonds is 10. The lowest BCUT2D eigenvalue weighted by Gasteiger charge is -2.35. The van der Waals surface area contributed by atoms with Gasteiger partial charge in [-0.2, -0.15) is 4.31 Å². The number of anilines is 1. The van der Waals surface area contributed by atoms with E-state index in [1.54, 1.807) is 33.1 Å². The largest absolute Gasteiger partial charge is 0.497 e. The van der Waals surface area contributed by atoms with Gasteiger partial charge in [-0.25, -0.2) is 8.42 Å². The Morgan fingerprint density at radius 3 is 2.42 bits per heavy atom. The molecule has 0 radical (unpaired) electrons. The monoisotopic (exact) mass is 544 g/mol. The Morgan fingerprint density at radius 1 is 1.05 bits per heavy atom. The summed E-state index contributed by atoms with van der Waals surface area (Å²) in [5, 5.41) is 2.96. The topological polar surface area (TPSA) is 91.4 Å². The molecule has 208 valence electrons. The highest BCUT2D eigenvalue weighted by atomic mass is 32.2. The van der Waals surface area contributed by atoms with Gasteiger partial charge in [0.1, 0.15) is 12.4 Å². The molecule has 1 atom stereocenters. The van der Waals surface area contributed by atoms with Gasteiger partial charge in [-0.1, -0.05) is 18.2 Å². The van der Waals surface area contributed by atoms with Crippen molar-refractivity contribution in [1.29, 1.82) is 0 Å². The summed E-state index contributed by atoms with van der Waals surface area (Å²) in [5.74, 6) is 0.421. The Labute approximate surface area is 226 Å². The fourth-order valence-electron chi connectivity index (χ4n) is 5.39. The van der Waals surface area contributed by atoms with Crippen molar-refractivity contribution in [1.82, 2.24) is 14.5 Å². The molecule has 0 aliphatic carbocycles. The second-order valence-electron chi connectivity index (χ2n) is 10.2. The minimum Gasteiger partial charge on any atom is -0.497 e. The van der Waals surface area contributed by atoms with Crippen molar-refractivity contribution in [3.63, 3.8) is 0 Å². The third kappa shape index (κ3) is 6.48. The van der Waals surface area contributed by atoms with Crippen molar-refractivity contribution in [2.75, 3.05) is 65.0 Å². The number of ether oxygens (including phenoxy) is 2. The van der Waals surface area contributed by atoms with Crippen LogP contribution in [0, 0.1) is 13.8 Å². The summed E-state index contributed by atoms with van der Waals surface area (Å²) < 4.78 is 39.7. The van der Waals surface area contributed by atoms with E-state index in [0.29, 0.717) is 41.3 Å². The zero-order chi connectivity index (χ0) is 27.3. The summed E-state index contributed by atoms with van der Waals surface area (Å²) in [6.07, 6.45) is 1.46. The van der Waals surface area contributed by atoms with E-state index in [0.717, 1.165) is 43.9 Å². The number of sulfonamides is 1. The number of hydrogen-bond donors (Lipinski definition) is 1. The molecule has 1 N–H and O–H groups in total. The highest BCUT2D eigenvalue weighted by Gasteiger charge is 2.37. The van der Waals surface area contributed by atoms with Gasteiger partial charge in [-0.3, -0.25) is 4.79 Å². The molecule has 0 bridgehead atoms. The second-order valence-corrected chi connectivity index (χ2v) is 12.0. The van der Waals surface area contributed by atoms with E-state index in [1.165, 1.54) is 4.31 Å². The maximum Gasteiger partial charge on any atom is 0.246 e. The molecule has 0 aromatic heterocycles. The van der Waals surface area contributed by atoms with Crippen LogP contribution in [0.5, 0.6) is 5.75 Å². The molecular weight excluding hydrogens is 504 g/mol. The van der Waals surface area contributed by atoms with Gasteiger partial charge in [0.2, 0.25) is 15.9 Å². The molecule has 0 saturated carbocycles. The fourth-order valence-corrected chi connectivity index (χ4v) is 7.49. The zero-order valence-corrected chi connectivity index (χ0v) is 23.7. The lowest BCUT2D eigenvalue weighted by atomic mass is 10.1. The lowest BCUT2D eigenvalue weighted by molar-refractivity contribution is -0.126. The zero-order valence-electron chi connectivity index (χ0n) is 22.9. The number of methoxy groups -OCH3 is 1. The lowest BCUT2D eigenvalue weighted by Crippen LogP contribution is -2.45. The van der Waals surface area contributed by atoms with Crippen molar-refractivity contribution < 1.29 is 22.7 Å². The molecule has 4 rings (SSSR count). The van der Waals surface area contributed by atoms with Crippen LogP contribution in [0.2, 0.25) is 0 Å². The Morgan fingerprint density at radius 2 is 1.74 bits per heavy atom. The maximum atomic E-state index is 13.6. The summed E-state index contributed by atoms with van der Waals surface area (Å²) in [6, 6.07) is 11.3. The van der Waals surface area contributed by atoms with Gasteiger partial charge in [0.25, 0.3) is 0 Å². The first kappa shape index (κ1) is 28.4. The molecule has 2 fully saturated rings. The third-order valence-corrected chi connectivity index (χ3v) is 9.67. The van der Waals surface area contributed by atoms with Gasteiger partial charge in [0.15, 0.2) is 0 Å². The van der Waals surface area contributed by atoms with Gasteiger partial charge in [-0.05, 0) is 68.6 Å². The quantitative estimate of drug-likeness (QED) is 0.492. The summed E-state index contributed by atoms with van der Waals surface area (Å²) in [4.78, 5) is 17.6. The predicted octanol–water partition coefficient (Wildman–Crippen LogP) is 2.55. The minimum atomic E-state index is -3.70. The summed E-state index contributed by atoms with van der Waals surface area (Å²) in [6.45, 7) is 8.45. The van der Waals surface area contributed by atoms with Crippen molar-refractivity contribution in [2.45, 2.75) is 44.2 Å². The van der Waals surface area contributed by atoms with E-state index in [4.69, 9.17) is 9.47 Å². The van der Waals surface area contributed by atoms with Gasteiger partial charge < -0.3 is 24.6 Å². The smallest absolute Gasteiger partial charge is 0.246 e. The number of aryl methyl sites for hydroxylation is 2. The number of likely N-dealkylation sites (N-methyl/N-ethyl adjacent to an activating group) is 1. The van der Waals surface area contributed by atoms with Crippen LogP contribution >= 0.6 is 0 Å². The first-order valence-electron chi connectivity index (χ1n) is 13.2. The van der Waals surface area contributed by atoms with E-state index in [9.17, 15) is 13.2 Å².